The average molecular weight is 308 g/mol. The Morgan fingerprint density at radius 3 is 2.44 bits per heavy atom. The molecule has 0 bridgehead atoms. The van der Waals surface area contributed by atoms with Crippen molar-refractivity contribution in [2.75, 3.05) is 5.33 Å². The molecule has 0 aliphatic carbocycles. The number of benzene rings is 1. The van der Waals surface area contributed by atoms with Gasteiger partial charge < -0.3 is 0 Å². The Morgan fingerprint density at radius 1 is 1.31 bits per heavy atom. The Morgan fingerprint density at radius 2 is 1.94 bits per heavy atom. The molecule has 0 aliphatic heterocycles. The van der Waals surface area contributed by atoms with Gasteiger partial charge in [0.1, 0.15) is 5.82 Å². The van der Waals surface area contributed by atoms with E-state index in [1.807, 2.05) is 0 Å². The van der Waals surface area contributed by atoms with E-state index in [-0.39, 0.29) is 11.2 Å². The SMILES string of the molecule is CCC(CC)(CBr)Cc1cc(Cl)ccc1F. The van der Waals surface area contributed by atoms with E-state index < -0.39 is 0 Å². The number of halogens is 3. The van der Waals surface area contributed by atoms with Gasteiger partial charge in [-0.2, -0.15) is 0 Å². The molecule has 0 unspecified atom stereocenters. The summed E-state index contributed by atoms with van der Waals surface area (Å²) >= 11 is 9.44. The van der Waals surface area contributed by atoms with Gasteiger partial charge in [0.05, 0.1) is 0 Å². The fraction of sp³-hybridized carbons (Fsp3) is 0.538. The molecule has 0 heterocycles. The van der Waals surface area contributed by atoms with Crippen molar-refractivity contribution in [2.45, 2.75) is 33.1 Å². The zero-order chi connectivity index (χ0) is 12.2. The zero-order valence-corrected chi connectivity index (χ0v) is 12.0. The summed E-state index contributed by atoms with van der Waals surface area (Å²) in [5, 5.41) is 1.49. The average Bonchev–Trinajstić information content (AvgIpc) is 2.31. The van der Waals surface area contributed by atoms with E-state index in [1.54, 1.807) is 12.1 Å². The lowest BCUT2D eigenvalue weighted by Crippen LogP contribution is -2.24. The smallest absolute Gasteiger partial charge is 0.126 e. The molecule has 0 N–H and O–H groups in total. The van der Waals surface area contributed by atoms with E-state index in [2.05, 4.69) is 29.8 Å². The standard InChI is InChI=1S/C13H17BrClF/c1-3-13(4-2,9-14)8-10-7-11(15)5-6-12(10)16/h5-7H,3-4,8-9H2,1-2H3. The summed E-state index contributed by atoms with van der Waals surface area (Å²) in [5.41, 5.74) is 0.849. The van der Waals surface area contributed by atoms with Crippen molar-refractivity contribution < 1.29 is 4.39 Å². The van der Waals surface area contributed by atoms with Crippen LogP contribution in [0.3, 0.4) is 0 Å². The Bertz CT molecular complexity index is 340. The molecule has 0 amide bonds. The quantitative estimate of drug-likeness (QED) is 0.654. The highest BCUT2D eigenvalue weighted by Gasteiger charge is 2.26. The fourth-order valence-corrected chi connectivity index (χ4v) is 3.00. The summed E-state index contributed by atoms with van der Waals surface area (Å²) in [7, 11) is 0. The summed E-state index contributed by atoms with van der Waals surface area (Å²) in [6.45, 7) is 4.29. The van der Waals surface area contributed by atoms with Crippen molar-refractivity contribution in [1.82, 2.24) is 0 Å². The van der Waals surface area contributed by atoms with Crippen LogP contribution >= 0.6 is 27.5 Å². The minimum atomic E-state index is -0.156. The van der Waals surface area contributed by atoms with Gasteiger partial charge in [-0.15, -0.1) is 0 Å². The van der Waals surface area contributed by atoms with Gasteiger partial charge in [-0.25, -0.2) is 4.39 Å². The minimum Gasteiger partial charge on any atom is -0.207 e. The monoisotopic (exact) mass is 306 g/mol. The molecule has 1 aromatic rings. The topological polar surface area (TPSA) is 0 Å². The molecule has 0 radical (unpaired) electrons. The highest BCUT2D eigenvalue weighted by molar-refractivity contribution is 9.09. The number of hydrogen-bond acceptors (Lipinski definition) is 0. The Hall–Kier alpha value is -0.0800. The molecular formula is C13H17BrClF. The third-order valence-electron chi connectivity index (χ3n) is 3.36. The van der Waals surface area contributed by atoms with E-state index >= 15 is 0 Å². The van der Waals surface area contributed by atoms with E-state index in [0.717, 1.165) is 30.2 Å². The van der Waals surface area contributed by atoms with Gasteiger partial charge in [0.25, 0.3) is 0 Å². The van der Waals surface area contributed by atoms with E-state index in [1.165, 1.54) is 6.07 Å². The number of rotatable bonds is 5. The van der Waals surface area contributed by atoms with E-state index in [9.17, 15) is 4.39 Å². The van der Waals surface area contributed by atoms with Crippen LogP contribution in [-0.4, -0.2) is 5.33 Å². The third-order valence-corrected chi connectivity index (χ3v) is 4.78. The second-order valence-electron chi connectivity index (χ2n) is 4.25. The van der Waals surface area contributed by atoms with Crippen LogP contribution in [0.4, 0.5) is 4.39 Å². The van der Waals surface area contributed by atoms with Crippen molar-refractivity contribution in [1.29, 1.82) is 0 Å². The molecule has 90 valence electrons. The molecule has 0 aliphatic rings. The van der Waals surface area contributed by atoms with Crippen molar-refractivity contribution in [3.63, 3.8) is 0 Å². The molecule has 0 saturated heterocycles. The lowest BCUT2D eigenvalue weighted by molar-refractivity contribution is 0.303. The molecule has 0 spiro atoms. The Kier molecular flexibility index (Phi) is 5.26. The molecule has 1 aromatic carbocycles. The maximum atomic E-state index is 13.6. The van der Waals surface area contributed by atoms with Gasteiger partial charge in [-0.1, -0.05) is 41.4 Å². The lowest BCUT2D eigenvalue weighted by Gasteiger charge is -2.29. The molecule has 0 aromatic heterocycles. The first-order chi connectivity index (χ1) is 7.56. The highest BCUT2D eigenvalue weighted by Crippen LogP contribution is 2.34. The van der Waals surface area contributed by atoms with Crippen LogP contribution in [0, 0.1) is 11.2 Å². The molecule has 0 nitrogen and oxygen atoms in total. The Labute approximate surface area is 110 Å². The second kappa shape index (κ2) is 6.02. The van der Waals surface area contributed by atoms with E-state index in [0.29, 0.717) is 5.02 Å². The van der Waals surface area contributed by atoms with Crippen LogP contribution in [0.1, 0.15) is 32.3 Å². The summed E-state index contributed by atoms with van der Waals surface area (Å²) in [5.74, 6) is -0.156. The summed E-state index contributed by atoms with van der Waals surface area (Å²) in [4.78, 5) is 0. The van der Waals surface area contributed by atoms with Crippen molar-refractivity contribution in [3.05, 3.63) is 34.6 Å². The summed E-state index contributed by atoms with van der Waals surface area (Å²) in [6.07, 6.45) is 2.79. The molecular weight excluding hydrogens is 290 g/mol. The first-order valence-electron chi connectivity index (χ1n) is 5.57. The first-order valence-corrected chi connectivity index (χ1v) is 7.06. The van der Waals surface area contributed by atoms with Crippen LogP contribution in [0.25, 0.3) is 0 Å². The van der Waals surface area contributed by atoms with Gasteiger partial charge in [0.2, 0.25) is 0 Å². The van der Waals surface area contributed by atoms with Crippen LogP contribution < -0.4 is 0 Å². The maximum absolute atomic E-state index is 13.6. The van der Waals surface area contributed by atoms with Crippen molar-refractivity contribution in [3.8, 4) is 0 Å². The predicted octanol–water partition coefficient (Wildman–Crippen LogP) is 5.22. The highest BCUT2D eigenvalue weighted by atomic mass is 79.9. The summed E-state index contributed by atoms with van der Waals surface area (Å²) in [6, 6.07) is 4.77. The Balaban J connectivity index is 2.97. The van der Waals surface area contributed by atoms with Gasteiger partial charge in [0.15, 0.2) is 0 Å². The molecule has 0 atom stereocenters. The molecule has 0 fully saturated rings. The van der Waals surface area contributed by atoms with Crippen LogP contribution in [-0.2, 0) is 6.42 Å². The van der Waals surface area contributed by atoms with Crippen molar-refractivity contribution >= 4 is 27.5 Å². The zero-order valence-electron chi connectivity index (χ0n) is 9.69. The predicted molar refractivity (Wildman–Crippen MR) is 71.9 cm³/mol. The largest absolute Gasteiger partial charge is 0.207 e. The third kappa shape index (κ3) is 3.21. The van der Waals surface area contributed by atoms with Crippen molar-refractivity contribution in [2.24, 2.45) is 5.41 Å². The second-order valence-corrected chi connectivity index (χ2v) is 5.25. The molecule has 16 heavy (non-hydrogen) atoms. The normalized spacial score (nSPS) is 11.8. The molecule has 1 rings (SSSR count). The minimum absolute atomic E-state index is 0.130. The number of alkyl halides is 1. The van der Waals surface area contributed by atoms with Gasteiger partial charge in [0, 0.05) is 10.4 Å². The van der Waals surface area contributed by atoms with Crippen LogP contribution in [0.5, 0.6) is 0 Å². The maximum Gasteiger partial charge on any atom is 0.126 e. The van der Waals surface area contributed by atoms with Crippen LogP contribution in [0.15, 0.2) is 18.2 Å². The number of hydrogen-bond donors (Lipinski definition) is 0. The first kappa shape index (κ1) is 14.0. The van der Waals surface area contributed by atoms with Gasteiger partial charge >= 0.3 is 0 Å². The van der Waals surface area contributed by atoms with Crippen LogP contribution in [0.2, 0.25) is 5.02 Å². The molecule has 0 saturated carbocycles. The van der Waals surface area contributed by atoms with Gasteiger partial charge in [-0.3, -0.25) is 0 Å². The summed E-state index contributed by atoms with van der Waals surface area (Å²) < 4.78 is 13.6. The molecule has 3 heteroatoms. The van der Waals surface area contributed by atoms with E-state index in [4.69, 9.17) is 11.6 Å². The lowest BCUT2D eigenvalue weighted by atomic mass is 9.79. The van der Waals surface area contributed by atoms with Gasteiger partial charge in [-0.05, 0) is 48.4 Å². The fourth-order valence-electron chi connectivity index (χ4n) is 1.82.